The second kappa shape index (κ2) is 13.3. The Morgan fingerprint density at radius 1 is 0.955 bits per heavy atom. The predicted molar refractivity (Wildman–Crippen MR) is 178 cm³/mol. The highest BCUT2D eigenvalue weighted by atomic mass is 35.5. The van der Waals surface area contributed by atoms with E-state index in [4.69, 9.17) is 11.6 Å². The zero-order valence-corrected chi connectivity index (χ0v) is 26.2. The van der Waals surface area contributed by atoms with Gasteiger partial charge in [0.2, 0.25) is 11.8 Å². The van der Waals surface area contributed by atoms with Crippen molar-refractivity contribution in [3.05, 3.63) is 106 Å². The van der Waals surface area contributed by atoms with Crippen LogP contribution >= 0.6 is 11.6 Å². The molecule has 1 aliphatic rings. The van der Waals surface area contributed by atoms with Crippen LogP contribution in [0.1, 0.15) is 47.9 Å². The van der Waals surface area contributed by atoms with Gasteiger partial charge in [-0.05, 0) is 91.7 Å². The van der Waals surface area contributed by atoms with E-state index in [0.717, 1.165) is 64.1 Å². The van der Waals surface area contributed by atoms with Gasteiger partial charge in [0.05, 0.1) is 12.6 Å². The molecule has 1 atom stereocenters. The Labute approximate surface area is 263 Å². The third-order valence-electron chi connectivity index (χ3n) is 9.09. The Hall–Kier alpha value is -4.07. The number of carbonyl (C=O) groups is 2. The molecule has 0 unspecified atom stereocenters. The molecule has 44 heavy (non-hydrogen) atoms. The SMILES string of the molecule is CC(=O)N(Cc1ccccc1C)C[C@@H](Cc1c[nH]c2ccccc12)NC(=O)CN1CCC(c2c[nH]c3ccc(Cl)cc23)CC1. The number of aryl methyl sites for hydroxylation is 1. The van der Waals surface area contributed by atoms with Crippen LogP contribution < -0.4 is 5.32 Å². The summed E-state index contributed by atoms with van der Waals surface area (Å²) in [5.74, 6) is 0.417. The van der Waals surface area contributed by atoms with Crippen LogP contribution in [0.25, 0.3) is 21.8 Å². The van der Waals surface area contributed by atoms with Crippen LogP contribution in [0.5, 0.6) is 0 Å². The number of rotatable bonds is 10. The number of fused-ring (bicyclic) bond motifs is 2. The number of H-pyrrole nitrogens is 2. The number of halogens is 1. The van der Waals surface area contributed by atoms with Crippen molar-refractivity contribution in [1.82, 2.24) is 25.1 Å². The molecule has 3 heterocycles. The lowest BCUT2D eigenvalue weighted by molar-refractivity contribution is -0.131. The summed E-state index contributed by atoms with van der Waals surface area (Å²) in [6.45, 7) is 6.66. The van der Waals surface area contributed by atoms with Crippen LogP contribution in [0.15, 0.2) is 79.1 Å². The van der Waals surface area contributed by atoms with Crippen LogP contribution in [0.2, 0.25) is 5.02 Å². The minimum Gasteiger partial charge on any atom is -0.361 e. The van der Waals surface area contributed by atoms with Gasteiger partial charge in [-0.2, -0.15) is 0 Å². The summed E-state index contributed by atoms with van der Waals surface area (Å²) in [7, 11) is 0. The van der Waals surface area contributed by atoms with E-state index >= 15 is 0 Å². The normalized spacial score (nSPS) is 15.1. The highest BCUT2D eigenvalue weighted by Gasteiger charge is 2.26. The molecule has 7 nitrogen and oxygen atoms in total. The first-order valence-corrected chi connectivity index (χ1v) is 15.8. The molecule has 0 bridgehead atoms. The number of hydrogen-bond donors (Lipinski definition) is 3. The molecule has 0 radical (unpaired) electrons. The summed E-state index contributed by atoms with van der Waals surface area (Å²) < 4.78 is 0. The fourth-order valence-corrected chi connectivity index (χ4v) is 6.79. The summed E-state index contributed by atoms with van der Waals surface area (Å²) in [6.07, 6.45) is 6.73. The van der Waals surface area contributed by atoms with Gasteiger partial charge >= 0.3 is 0 Å². The highest BCUT2D eigenvalue weighted by molar-refractivity contribution is 6.31. The van der Waals surface area contributed by atoms with Crippen molar-refractivity contribution in [2.24, 2.45) is 0 Å². The van der Waals surface area contributed by atoms with E-state index in [1.54, 1.807) is 6.92 Å². The highest BCUT2D eigenvalue weighted by Crippen LogP contribution is 2.34. The summed E-state index contributed by atoms with van der Waals surface area (Å²) in [5.41, 5.74) is 6.87. The number of para-hydroxylation sites is 1. The maximum Gasteiger partial charge on any atom is 0.234 e. The van der Waals surface area contributed by atoms with Gasteiger partial charge < -0.3 is 20.2 Å². The van der Waals surface area contributed by atoms with Crippen LogP contribution in [0.4, 0.5) is 0 Å². The van der Waals surface area contributed by atoms with Gasteiger partial charge in [-0.3, -0.25) is 14.5 Å². The Bertz CT molecular complexity index is 1770. The third kappa shape index (κ3) is 6.85. The average Bonchev–Trinajstić information content (AvgIpc) is 3.62. The van der Waals surface area contributed by atoms with E-state index in [1.165, 1.54) is 10.9 Å². The number of likely N-dealkylation sites (tertiary alicyclic amines) is 1. The average molecular weight is 610 g/mol. The van der Waals surface area contributed by atoms with Gasteiger partial charge in [0, 0.05) is 59.2 Å². The number of benzene rings is 3. The summed E-state index contributed by atoms with van der Waals surface area (Å²) in [4.78, 5) is 37.2. The second-order valence-electron chi connectivity index (χ2n) is 12.1. The Morgan fingerprint density at radius 3 is 2.48 bits per heavy atom. The van der Waals surface area contributed by atoms with E-state index in [-0.39, 0.29) is 17.9 Å². The number of aromatic nitrogens is 2. The summed E-state index contributed by atoms with van der Waals surface area (Å²) in [5, 5.41) is 6.39. The van der Waals surface area contributed by atoms with Crippen LogP contribution in [-0.2, 0) is 22.6 Å². The van der Waals surface area contributed by atoms with Gasteiger partial charge in [-0.1, -0.05) is 54.1 Å². The molecule has 0 saturated carbocycles. The predicted octanol–water partition coefficient (Wildman–Crippen LogP) is 6.57. The number of aromatic amines is 2. The van der Waals surface area contributed by atoms with Crippen molar-refractivity contribution in [3.63, 3.8) is 0 Å². The van der Waals surface area contributed by atoms with E-state index in [9.17, 15) is 9.59 Å². The first-order valence-electron chi connectivity index (χ1n) is 15.5. The van der Waals surface area contributed by atoms with Crippen molar-refractivity contribution in [2.75, 3.05) is 26.2 Å². The minimum absolute atomic E-state index is 0.00734. The van der Waals surface area contributed by atoms with E-state index in [1.807, 2.05) is 53.6 Å². The fraction of sp³-hybridized carbons (Fsp3) is 0.333. The Kier molecular flexibility index (Phi) is 9.05. The lowest BCUT2D eigenvalue weighted by Crippen LogP contribution is -2.49. The van der Waals surface area contributed by atoms with Crippen LogP contribution in [0.3, 0.4) is 0 Å². The van der Waals surface area contributed by atoms with Crippen molar-refractivity contribution in [3.8, 4) is 0 Å². The maximum absolute atomic E-state index is 13.5. The van der Waals surface area contributed by atoms with Gasteiger partial charge in [0.25, 0.3) is 0 Å². The van der Waals surface area contributed by atoms with Gasteiger partial charge in [0.15, 0.2) is 0 Å². The number of nitrogens with one attached hydrogen (secondary N) is 3. The molecule has 1 fully saturated rings. The number of nitrogens with zero attached hydrogens (tertiary/aromatic N) is 2. The minimum atomic E-state index is -0.233. The largest absolute Gasteiger partial charge is 0.361 e. The van der Waals surface area contributed by atoms with Gasteiger partial charge in [-0.25, -0.2) is 0 Å². The molecule has 8 heteroatoms. The van der Waals surface area contributed by atoms with E-state index in [2.05, 4.69) is 57.6 Å². The summed E-state index contributed by atoms with van der Waals surface area (Å²) >= 11 is 6.29. The first kappa shape index (κ1) is 30.0. The number of amides is 2. The summed E-state index contributed by atoms with van der Waals surface area (Å²) in [6, 6.07) is 22.1. The molecule has 0 aliphatic carbocycles. The van der Waals surface area contributed by atoms with Crippen molar-refractivity contribution in [2.45, 2.75) is 51.6 Å². The zero-order valence-electron chi connectivity index (χ0n) is 25.4. The molecule has 5 aromatic rings. The van der Waals surface area contributed by atoms with Crippen molar-refractivity contribution in [1.29, 1.82) is 0 Å². The lowest BCUT2D eigenvalue weighted by atomic mass is 9.89. The number of piperidine rings is 1. The standard InChI is InChI=1S/C36H40ClN5O2/c1-24-7-3-4-8-27(24)21-42(25(2)43)22-30(17-28-19-38-34-10-6-5-9-31(28)34)40-36(44)23-41-15-13-26(14-16-41)33-20-39-35-12-11-29(37)18-32(33)35/h3-12,18-20,26,30,38-39H,13-17,21-23H2,1-2H3,(H,40,44)/t30-/m1/s1. The van der Waals surface area contributed by atoms with E-state index < -0.39 is 0 Å². The quantitative estimate of drug-likeness (QED) is 0.168. The molecule has 3 N–H and O–H groups in total. The Morgan fingerprint density at radius 2 is 1.68 bits per heavy atom. The van der Waals surface area contributed by atoms with Crippen LogP contribution in [-0.4, -0.2) is 63.8 Å². The third-order valence-corrected chi connectivity index (χ3v) is 9.32. The molecule has 0 spiro atoms. The molecule has 3 aromatic carbocycles. The zero-order chi connectivity index (χ0) is 30.6. The van der Waals surface area contributed by atoms with Crippen LogP contribution in [0, 0.1) is 6.92 Å². The maximum atomic E-state index is 13.5. The molecule has 6 rings (SSSR count). The first-order chi connectivity index (χ1) is 21.3. The number of carbonyl (C=O) groups excluding carboxylic acids is 2. The Balaban J connectivity index is 1.13. The number of hydrogen-bond acceptors (Lipinski definition) is 3. The molecule has 2 amide bonds. The molecular formula is C36H40ClN5O2. The van der Waals surface area contributed by atoms with Gasteiger partial charge in [0.1, 0.15) is 0 Å². The topological polar surface area (TPSA) is 84.2 Å². The molecular weight excluding hydrogens is 570 g/mol. The fourth-order valence-electron chi connectivity index (χ4n) is 6.62. The molecule has 1 saturated heterocycles. The monoisotopic (exact) mass is 609 g/mol. The second-order valence-corrected chi connectivity index (χ2v) is 12.6. The molecule has 228 valence electrons. The van der Waals surface area contributed by atoms with Crippen molar-refractivity contribution < 1.29 is 9.59 Å². The molecule has 1 aliphatic heterocycles. The van der Waals surface area contributed by atoms with E-state index in [0.29, 0.717) is 32.0 Å². The smallest absolute Gasteiger partial charge is 0.234 e. The van der Waals surface area contributed by atoms with Crippen molar-refractivity contribution >= 4 is 45.2 Å². The lowest BCUT2D eigenvalue weighted by Gasteiger charge is -2.32. The van der Waals surface area contributed by atoms with Gasteiger partial charge in [-0.15, -0.1) is 0 Å². The molecule has 2 aromatic heterocycles.